The third kappa shape index (κ3) is 4.76. The topological polar surface area (TPSA) is 59.2 Å². The molecule has 0 radical (unpaired) electrons. The van der Waals surface area contributed by atoms with Gasteiger partial charge in [0.15, 0.2) is 0 Å². The number of nitrogens with two attached hydrogens (primary N) is 1. The average molecular weight is 281 g/mol. The van der Waals surface area contributed by atoms with E-state index in [9.17, 15) is 4.79 Å². The van der Waals surface area contributed by atoms with Gasteiger partial charge in [0.05, 0.1) is 0 Å². The molecule has 0 aliphatic carbocycles. The van der Waals surface area contributed by atoms with E-state index in [0.717, 1.165) is 17.7 Å². The molecule has 4 nitrogen and oxygen atoms in total. The van der Waals surface area contributed by atoms with Gasteiger partial charge in [0.25, 0.3) is 0 Å². The lowest BCUT2D eigenvalue weighted by molar-refractivity contribution is -0.124. The molecule has 108 valence electrons. The Morgan fingerprint density at radius 3 is 2.67 bits per heavy atom. The molecule has 2 N–H and O–H groups in total. The minimum Gasteiger partial charge on any atom is -0.399 e. The highest BCUT2D eigenvalue weighted by atomic mass is 16.2. The fraction of sp³-hybridized carbons (Fsp3) is 0.176. The second-order valence-electron chi connectivity index (χ2n) is 4.83. The highest BCUT2D eigenvalue weighted by Gasteiger charge is 2.05. The predicted octanol–water partition coefficient (Wildman–Crippen LogP) is 2.38. The molecule has 0 bridgehead atoms. The molecule has 0 spiro atoms. The number of hydrogen-bond acceptors (Lipinski definition) is 3. The summed E-state index contributed by atoms with van der Waals surface area (Å²) in [6, 6.07) is 13.2. The van der Waals surface area contributed by atoms with Crippen LogP contribution in [0.3, 0.4) is 0 Å². The van der Waals surface area contributed by atoms with Crippen LogP contribution in [0.4, 0.5) is 5.69 Å². The number of hydrogen-bond donors (Lipinski definition) is 1. The lowest BCUT2D eigenvalue weighted by atomic mass is 10.2. The van der Waals surface area contributed by atoms with Crippen molar-refractivity contribution in [3.8, 4) is 0 Å². The molecule has 0 atom stereocenters. The van der Waals surface area contributed by atoms with Gasteiger partial charge in [0.2, 0.25) is 5.91 Å². The first-order valence-corrected chi connectivity index (χ1v) is 6.84. The second-order valence-corrected chi connectivity index (χ2v) is 4.83. The fourth-order valence-corrected chi connectivity index (χ4v) is 1.84. The van der Waals surface area contributed by atoms with Gasteiger partial charge in [-0.3, -0.25) is 9.78 Å². The first-order chi connectivity index (χ1) is 10.1. The smallest absolute Gasteiger partial charge is 0.246 e. The van der Waals surface area contributed by atoms with Gasteiger partial charge in [-0.2, -0.15) is 0 Å². The largest absolute Gasteiger partial charge is 0.399 e. The maximum absolute atomic E-state index is 12.0. The molecule has 0 unspecified atom stereocenters. The number of likely N-dealkylation sites (N-methyl/N-ethyl adjacent to an activating group) is 1. The van der Waals surface area contributed by atoms with Crippen LogP contribution in [-0.4, -0.2) is 29.4 Å². The van der Waals surface area contributed by atoms with Crippen molar-refractivity contribution in [3.63, 3.8) is 0 Å². The van der Waals surface area contributed by atoms with Crippen molar-refractivity contribution in [1.29, 1.82) is 0 Å². The van der Waals surface area contributed by atoms with Gasteiger partial charge >= 0.3 is 0 Å². The maximum Gasteiger partial charge on any atom is 0.246 e. The van der Waals surface area contributed by atoms with E-state index in [0.29, 0.717) is 12.2 Å². The number of amides is 1. The summed E-state index contributed by atoms with van der Waals surface area (Å²) in [7, 11) is 1.79. The summed E-state index contributed by atoms with van der Waals surface area (Å²) in [5, 5.41) is 0. The van der Waals surface area contributed by atoms with Gasteiger partial charge < -0.3 is 10.6 Å². The van der Waals surface area contributed by atoms with Crippen LogP contribution in [0.1, 0.15) is 11.3 Å². The van der Waals surface area contributed by atoms with Gasteiger partial charge in [-0.15, -0.1) is 0 Å². The number of pyridine rings is 1. The Morgan fingerprint density at radius 1 is 1.24 bits per heavy atom. The van der Waals surface area contributed by atoms with Crippen LogP contribution in [0.25, 0.3) is 6.08 Å². The number of rotatable bonds is 5. The number of aromatic nitrogens is 1. The van der Waals surface area contributed by atoms with Crippen LogP contribution in [0.5, 0.6) is 0 Å². The van der Waals surface area contributed by atoms with E-state index in [-0.39, 0.29) is 5.91 Å². The second kappa shape index (κ2) is 7.24. The van der Waals surface area contributed by atoms with Crippen LogP contribution in [-0.2, 0) is 11.2 Å². The van der Waals surface area contributed by atoms with Crippen molar-refractivity contribution in [2.45, 2.75) is 6.42 Å². The first kappa shape index (κ1) is 14.8. The SMILES string of the molecule is CN(CCc1ccccn1)C(=O)/C=C/c1ccc(N)cc1. The minimum atomic E-state index is -0.0252. The molecule has 1 aromatic heterocycles. The number of carbonyl (C=O) groups is 1. The van der Waals surface area contributed by atoms with Gasteiger partial charge in [0.1, 0.15) is 0 Å². The van der Waals surface area contributed by atoms with Crippen LogP contribution in [0, 0.1) is 0 Å². The predicted molar refractivity (Wildman–Crippen MR) is 85.5 cm³/mol. The summed E-state index contributed by atoms with van der Waals surface area (Å²) in [5.41, 5.74) is 8.27. The molecule has 1 aromatic carbocycles. The van der Waals surface area contributed by atoms with Crippen molar-refractivity contribution in [1.82, 2.24) is 9.88 Å². The summed E-state index contributed by atoms with van der Waals surface area (Å²) >= 11 is 0. The van der Waals surface area contributed by atoms with Crippen molar-refractivity contribution in [2.24, 2.45) is 0 Å². The van der Waals surface area contributed by atoms with Crippen molar-refractivity contribution in [3.05, 3.63) is 66.0 Å². The molecular weight excluding hydrogens is 262 g/mol. The van der Waals surface area contributed by atoms with E-state index in [1.165, 1.54) is 0 Å². The summed E-state index contributed by atoms with van der Waals surface area (Å²) in [6.45, 7) is 0.641. The molecule has 1 amide bonds. The molecule has 0 fully saturated rings. The Bertz CT molecular complexity index is 606. The third-order valence-corrected chi connectivity index (χ3v) is 3.16. The van der Waals surface area contributed by atoms with Crippen molar-refractivity contribution >= 4 is 17.7 Å². The van der Waals surface area contributed by atoms with Crippen LogP contribution in [0.2, 0.25) is 0 Å². The van der Waals surface area contributed by atoms with Gasteiger partial charge in [-0.1, -0.05) is 18.2 Å². The summed E-state index contributed by atoms with van der Waals surface area (Å²) < 4.78 is 0. The molecule has 1 heterocycles. The Balaban J connectivity index is 1.86. The Hall–Kier alpha value is -2.62. The lowest BCUT2D eigenvalue weighted by Crippen LogP contribution is -2.27. The molecule has 0 saturated carbocycles. The summed E-state index contributed by atoms with van der Waals surface area (Å²) in [6.07, 6.45) is 5.87. The third-order valence-electron chi connectivity index (χ3n) is 3.16. The minimum absolute atomic E-state index is 0.0252. The molecule has 2 aromatic rings. The first-order valence-electron chi connectivity index (χ1n) is 6.84. The molecule has 0 aliphatic rings. The van der Waals surface area contributed by atoms with Crippen LogP contribution < -0.4 is 5.73 Å². The highest BCUT2D eigenvalue weighted by molar-refractivity contribution is 5.91. The number of nitrogen functional groups attached to an aromatic ring is 1. The van der Waals surface area contributed by atoms with E-state index in [2.05, 4.69) is 4.98 Å². The fourth-order valence-electron chi connectivity index (χ4n) is 1.84. The molecule has 0 saturated heterocycles. The monoisotopic (exact) mass is 281 g/mol. The van der Waals surface area contributed by atoms with Crippen LogP contribution in [0.15, 0.2) is 54.7 Å². The number of carbonyl (C=O) groups excluding carboxylic acids is 1. The lowest BCUT2D eigenvalue weighted by Gasteiger charge is -2.14. The number of nitrogens with zero attached hydrogens (tertiary/aromatic N) is 2. The van der Waals surface area contributed by atoms with Gasteiger partial charge in [0, 0.05) is 43.7 Å². The van der Waals surface area contributed by atoms with Gasteiger partial charge in [-0.25, -0.2) is 0 Å². The number of benzene rings is 1. The maximum atomic E-state index is 12.0. The van der Waals surface area contributed by atoms with Crippen molar-refractivity contribution < 1.29 is 4.79 Å². The Kier molecular flexibility index (Phi) is 5.10. The van der Waals surface area contributed by atoms with E-state index >= 15 is 0 Å². The zero-order valence-corrected chi connectivity index (χ0v) is 12.1. The van der Waals surface area contributed by atoms with E-state index in [1.54, 1.807) is 30.3 Å². The zero-order valence-electron chi connectivity index (χ0n) is 12.1. The normalized spacial score (nSPS) is 10.7. The van der Waals surface area contributed by atoms with E-state index in [4.69, 9.17) is 5.73 Å². The van der Waals surface area contributed by atoms with Gasteiger partial charge in [-0.05, 0) is 35.9 Å². The van der Waals surface area contributed by atoms with E-state index < -0.39 is 0 Å². The highest BCUT2D eigenvalue weighted by Crippen LogP contribution is 2.07. The number of anilines is 1. The quantitative estimate of drug-likeness (QED) is 0.676. The average Bonchev–Trinajstić information content (AvgIpc) is 2.52. The standard InChI is InChI=1S/C17H19N3O/c1-20(13-11-16-4-2-3-12-19-16)17(21)10-7-14-5-8-15(18)9-6-14/h2-10,12H,11,13,18H2,1H3/b10-7+. The Morgan fingerprint density at radius 2 is 2.00 bits per heavy atom. The summed E-state index contributed by atoms with van der Waals surface area (Å²) in [5.74, 6) is -0.0252. The molecular formula is C17H19N3O. The molecule has 0 aliphatic heterocycles. The van der Waals surface area contributed by atoms with E-state index in [1.807, 2.05) is 42.5 Å². The molecule has 21 heavy (non-hydrogen) atoms. The molecule has 4 heteroatoms. The Labute approximate surface area is 124 Å². The molecule has 2 rings (SSSR count). The van der Waals surface area contributed by atoms with Crippen LogP contribution >= 0.6 is 0 Å². The van der Waals surface area contributed by atoms with Crippen molar-refractivity contribution in [2.75, 3.05) is 19.3 Å². The zero-order chi connectivity index (χ0) is 15.1. The summed E-state index contributed by atoms with van der Waals surface area (Å²) in [4.78, 5) is 17.9.